The Morgan fingerprint density at radius 2 is 1.77 bits per heavy atom. The van der Waals surface area contributed by atoms with Gasteiger partial charge in [0.25, 0.3) is 5.91 Å². The summed E-state index contributed by atoms with van der Waals surface area (Å²) in [6, 6.07) is 4.71. The van der Waals surface area contributed by atoms with Crippen LogP contribution in [0.15, 0.2) is 23.1 Å². The molecule has 0 bridgehead atoms. The molecule has 9 nitrogen and oxygen atoms in total. The van der Waals surface area contributed by atoms with E-state index in [0.29, 0.717) is 18.4 Å². The number of benzene rings is 1. The van der Waals surface area contributed by atoms with Crippen molar-refractivity contribution in [3.63, 3.8) is 0 Å². The van der Waals surface area contributed by atoms with Gasteiger partial charge in [-0.25, -0.2) is 17.9 Å². The number of hydrogen-bond acceptors (Lipinski definition) is 5. The van der Waals surface area contributed by atoms with Gasteiger partial charge in [0, 0.05) is 20.1 Å². The number of hydrogen-bond donors (Lipinski definition) is 2. The molecule has 1 saturated heterocycles. The van der Waals surface area contributed by atoms with E-state index in [0.717, 1.165) is 29.7 Å². The molecule has 31 heavy (non-hydrogen) atoms. The lowest BCUT2D eigenvalue weighted by Gasteiger charge is -2.35. The number of aryl methyl sites for hydroxylation is 2. The summed E-state index contributed by atoms with van der Waals surface area (Å²) in [5, 5.41) is 2.58. The third-order valence-electron chi connectivity index (χ3n) is 6.16. The fourth-order valence-electron chi connectivity index (χ4n) is 4.33. The molecular formula is C21H30N4O5S. The van der Waals surface area contributed by atoms with Crippen LogP contribution >= 0.6 is 0 Å². The minimum Gasteiger partial charge on any atom is -0.353 e. The molecule has 170 valence electrons. The van der Waals surface area contributed by atoms with Crippen LogP contribution < -0.4 is 10.0 Å². The SMILES string of the molecule is Cc1ccc(C)c(S(=O)(=O)NCCNC(=O)CN2C(=O)N(C)C3(CCCCC3)C2=O)c1. The number of amides is 4. The van der Waals surface area contributed by atoms with Crippen molar-refractivity contribution in [1.29, 1.82) is 0 Å². The Balaban J connectivity index is 1.52. The van der Waals surface area contributed by atoms with Crippen LogP contribution in [0.25, 0.3) is 0 Å². The highest BCUT2D eigenvalue weighted by atomic mass is 32.2. The third kappa shape index (κ3) is 4.59. The quantitative estimate of drug-likeness (QED) is 0.480. The van der Waals surface area contributed by atoms with Gasteiger partial charge < -0.3 is 10.2 Å². The summed E-state index contributed by atoms with van der Waals surface area (Å²) in [7, 11) is -2.09. The Labute approximate surface area is 183 Å². The van der Waals surface area contributed by atoms with E-state index in [-0.39, 0.29) is 30.4 Å². The van der Waals surface area contributed by atoms with Gasteiger partial charge in [-0.2, -0.15) is 0 Å². The monoisotopic (exact) mass is 450 g/mol. The second kappa shape index (κ2) is 8.96. The Kier molecular flexibility index (Phi) is 6.70. The fourth-order valence-corrected chi connectivity index (χ4v) is 5.69. The first-order chi connectivity index (χ1) is 14.6. The number of imide groups is 1. The van der Waals surface area contributed by atoms with E-state index < -0.39 is 27.5 Å². The van der Waals surface area contributed by atoms with Crippen molar-refractivity contribution < 1.29 is 22.8 Å². The molecule has 1 spiro atoms. The highest BCUT2D eigenvalue weighted by Crippen LogP contribution is 2.39. The molecule has 1 aromatic carbocycles. The van der Waals surface area contributed by atoms with Crippen LogP contribution in [-0.4, -0.2) is 68.3 Å². The molecule has 0 aromatic heterocycles. The van der Waals surface area contributed by atoms with Gasteiger partial charge in [-0.05, 0) is 43.9 Å². The summed E-state index contributed by atoms with van der Waals surface area (Å²) in [6.45, 7) is 3.20. The lowest BCUT2D eigenvalue weighted by Crippen LogP contribution is -2.49. The van der Waals surface area contributed by atoms with Crippen LogP contribution in [0, 0.1) is 13.8 Å². The van der Waals surface area contributed by atoms with Gasteiger partial charge in [0.05, 0.1) is 4.90 Å². The molecule has 1 aromatic rings. The lowest BCUT2D eigenvalue weighted by molar-refractivity contribution is -0.137. The normalized spacial score (nSPS) is 18.7. The van der Waals surface area contributed by atoms with Gasteiger partial charge in [-0.15, -0.1) is 0 Å². The van der Waals surface area contributed by atoms with Gasteiger partial charge in [0.1, 0.15) is 12.1 Å². The van der Waals surface area contributed by atoms with Crippen LogP contribution in [0.1, 0.15) is 43.2 Å². The lowest BCUT2D eigenvalue weighted by atomic mass is 9.81. The predicted octanol–water partition coefficient (Wildman–Crippen LogP) is 1.29. The summed E-state index contributed by atoms with van der Waals surface area (Å²) < 4.78 is 27.5. The number of nitrogens with one attached hydrogen (secondary N) is 2. The number of carbonyl (C=O) groups excluding carboxylic acids is 3. The molecular weight excluding hydrogens is 420 g/mol. The largest absolute Gasteiger partial charge is 0.353 e. The predicted molar refractivity (Wildman–Crippen MR) is 115 cm³/mol. The fraction of sp³-hybridized carbons (Fsp3) is 0.571. The van der Waals surface area contributed by atoms with Crippen LogP contribution in [0.5, 0.6) is 0 Å². The zero-order valence-corrected chi connectivity index (χ0v) is 19.0. The minimum atomic E-state index is -3.70. The van der Waals surface area contributed by atoms with Crippen molar-refractivity contribution in [2.75, 3.05) is 26.7 Å². The maximum absolute atomic E-state index is 12.9. The van der Waals surface area contributed by atoms with Crippen molar-refractivity contribution >= 4 is 27.9 Å². The van der Waals surface area contributed by atoms with Gasteiger partial charge in [-0.1, -0.05) is 31.4 Å². The van der Waals surface area contributed by atoms with E-state index in [4.69, 9.17) is 0 Å². The van der Waals surface area contributed by atoms with Gasteiger partial charge in [-0.3, -0.25) is 14.5 Å². The molecule has 1 aliphatic heterocycles. The smallest absolute Gasteiger partial charge is 0.327 e. The van der Waals surface area contributed by atoms with E-state index in [1.54, 1.807) is 26.1 Å². The summed E-state index contributed by atoms with van der Waals surface area (Å²) in [5.41, 5.74) is 0.644. The van der Waals surface area contributed by atoms with E-state index in [2.05, 4.69) is 10.0 Å². The van der Waals surface area contributed by atoms with Crippen molar-refractivity contribution in [3.05, 3.63) is 29.3 Å². The zero-order chi connectivity index (χ0) is 22.8. The Morgan fingerprint density at radius 3 is 2.45 bits per heavy atom. The van der Waals surface area contributed by atoms with Crippen molar-refractivity contribution in [1.82, 2.24) is 19.8 Å². The van der Waals surface area contributed by atoms with Gasteiger partial charge >= 0.3 is 6.03 Å². The Bertz CT molecular complexity index is 985. The average Bonchev–Trinajstić information content (AvgIpc) is 2.90. The Morgan fingerprint density at radius 1 is 1.10 bits per heavy atom. The van der Waals surface area contributed by atoms with Crippen molar-refractivity contribution in [3.8, 4) is 0 Å². The molecule has 4 amide bonds. The number of sulfonamides is 1. The van der Waals surface area contributed by atoms with Crippen LogP contribution in [0.2, 0.25) is 0 Å². The number of urea groups is 1. The molecule has 10 heteroatoms. The molecule has 0 radical (unpaired) electrons. The van der Waals surface area contributed by atoms with E-state index in [9.17, 15) is 22.8 Å². The topological polar surface area (TPSA) is 116 Å². The number of likely N-dealkylation sites (N-methyl/N-ethyl adjacent to an activating group) is 1. The van der Waals surface area contributed by atoms with Crippen LogP contribution in [-0.2, 0) is 19.6 Å². The molecule has 1 heterocycles. The summed E-state index contributed by atoms with van der Waals surface area (Å²) in [6.07, 6.45) is 4.03. The number of carbonyl (C=O) groups is 3. The van der Waals surface area contributed by atoms with Gasteiger partial charge in [0.15, 0.2) is 0 Å². The minimum absolute atomic E-state index is 0.00676. The maximum Gasteiger partial charge on any atom is 0.327 e. The van der Waals surface area contributed by atoms with E-state index >= 15 is 0 Å². The van der Waals surface area contributed by atoms with Crippen LogP contribution in [0.4, 0.5) is 4.79 Å². The molecule has 1 saturated carbocycles. The number of nitrogens with zero attached hydrogens (tertiary/aromatic N) is 2. The molecule has 2 aliphatic rings. The average molecular weight is 451 g/mol. The van der Waals surface area contributed by atoms with E-state index in [1.165, 1.54) is 4.90 Å². The molecule has 3 rings (SSSR count). The first-order valence-electron chi connectivity index (χ1n) is 10.5. The molecule has 2 N–H and O–H groups in total. The summed E-state index contributed by atoms with van der Waals surface area (Å²) in [4.78, 5) is 40.5. The first kappa shape index (κ1) is 23.2. The standard InChI is InChI=1S/C21H30N4O5S/c1-15-7-8-16(2)17(13-15)31(29,30)23-12-11-22-18(26)14-25-19(27)21(24(3)20(25)28)9-5-4-6-10-21/h7-8,13,23H,4-6,9-12,14H2,1-3H3,(H,22,26). The second-order valence-corrected chi connectivity index (χ2v) is 10.1. The van der Waals surface area contributed by atoms with Gasteiger partial charge in [0.2, 0.25) is 15.9 Å². The first-order valence-corrected chi connectivity index (χ1v) is 12.0. The summed E-state index contributed by atoms with van der Waals surface area (Å²) >= 11 is 0. The van der Waals surface area contributed by atoms with Crippen LogP contribution in [0.3, 0.4) is 0 Å². The zero-order valence-electron chi connectivity index (χ0n) is 18.2. The maximum atomic E-state index is 12.9. The Hall–Kier alpha value is -2.46. The molecule has 1 aliphatic carbocycles. The third-order valence-corrected chi connectivity index (χ3v) is 7.76. The van der Waals surface area contributed by atoms with Crippen molar-refractivity contribution in [2.24, 2.45) is 0 Å². The highest BCUT2D eigenvalue weighted by Gasteiger charge is 2.55. The highest BCUT2D eigenvalue weighted by molar-refractivity contribution is 7.89. The molecule has 2 fully saturated rings. The van der Waals surface area contributed by atoms with Crippen molar-refractivity contribution in [2.45, 2.75) is 56.4 Å². The summed E-state index contributed by atoms with van der Waals surface area (Å²) in [5.74, 6) is -0.820. The van der Waals surface area contributed by atoms with E-state index in [1.807, 2.05) is 13.0 Å². The number of rotatable bonds is 7. The second-order valence-electron chi connectivity index (χ2n) is 8.34. The molecule has 0 atom stereocenters. The molecule has 0 unspecified atom stereocenters.